The number of hydrogen-bond acceptors (Lipinski definition) is 4. The minimum absolute atomic E-state index is 0. The summed E-state index contributed by atoms with van der Waals surface area (Å²) >= 11 is 0. The van der Waals surface area contributed by atoms with Crippen LogP contribution in [0.4, 0.5) is 0 Å². The monoisotopic (exact) mass is 389 g/mol. The molecule has 13 nitrogen and oxygen atoms in total. The van der Waals surface area contributed by atoms with Crippen LogP contribution in [0.5, 0.6) is 0 Å². The van der Waals surface area contributed by atoms with Gasteiger partial charge in [-0.15, -0.1) is 0 Å². The zero-order valence-electron chi connectivity index (χ0n) is 7.04. The van der Waals surface area contributed by atoms with Gasteiger partial charge in [0.05, 0.1) is 0 Å². The standard InChI is InChI=1S/Cu.K.2H2O4S.5H2O.H/c;;2*1-5(2,3)4;;;;;;/h;;2*(H2,1,2,3,4);5*1H2;. The van der Waals surface area contributed by atoms with Crippen molar-refractivity contribution in [1.29, 1.82) is 0 Å². The second-order valence-corrected chi connectivity index (χ2v) is 2.69. The first-order valence-electron chi connectivity index (χ1n) is 1.40. The average molecular weight is 390 g/mol. The van der Waals surface area contributed by atoms with Gasteiger partial charge in [0.25, 0.3) is 0 Å². The van der Waals surface area contributed by atoms with E-state index in [0.29, 0.717) is 0 Å². The van der Waals surface area contributed by atoms with Gasteiger partial charge in [0, 0.05) is 17.1 Å². The van der Waals surface area contributed by atoms with Crippen molar-refractivity contribution in [3.05, 3.63) is 0 Å². The second kappa shape index (κ2) is 26.3. The molecule has 0 amide bonds. The van der Waals surface area contributed by atoms with Crippen LogP contribution in [0.1, 0.15) is 0 Å². The predicted molar refractivity (Wildman–Crippen MR) is 53.6 cm³/mol. The third-order valence-electron chi connectivity index (χ3n) is 0. The Morgan fingerprint density at radius 3 is 0.529 bits per heavy atom. The summed E-state index contributed by atoms with van der Waals surface area (Å²) in [5.41, 5.74) is 0. The Morgan fingerprint density at radius 1 is 0.529 bits per heavy atom. The Kier molecular flexibility index (Phi) is 96.3. The normalized spacial score (nSPS) is 6.82. The summed E-state index contributed by atoms with van der Waals surface area (Å²) in [5, 5.41) is 0. The molecule has 0 atom stereocenters. The molecule has 1 radical (unpaired) electrons. The van der Waals surface area contributed by atoms with Gasteiger partial charge in [-0.05, 0) is 0 Å². The summed E-state index contributed by atoms with van der Waals surface area (Å²) < 4.78 is 63.2. The van der Waals surface area contributed by atoms with Gasteiger partial charge in [0.1, 0.15) is 0 Å². The van der Waals surface area contributed by atoms with Crippen molar-refractivity contribution in [1.82, 2.24) is 0 Å². The fraction of sp³-hybridized carbons (Fsp3) is 0. The SMILES string of the molecule is O.O.O.O.O.O=S(=O)(O)O.O=S(=O)(O)O.[Cu].[KH]. The Balaban J connectivity index is -0.00000000762. The first kappa shape index (κ1) is 62.3. The van der Waals surface area contributed by atoms with Crippen molar-refractivity contribution in [3.63, 3.8) is 0 Å². The van der Waals surface area contributed by atoms with Crippen molar-refractivity contribution < 1.29 is 79.5 Å². The Morgan fingerprint density at radius 2 is 0.529 bits per heavy atom. The summed E-state index contributed by atoms with van der Waals surface area (Å²) in [6.45, 7) is 0. The van der Waals surface area contributed by atoms with Crippen molar-refractivity contribution in [2.75, 3.05) is 0 Å². The van der Waals surface area contributed by atoms with E-state index in [1.807, 2.05) is 0 Å². The average Bonchev–Trinajstić information content (AvgIpc) is 1.12. The summed E-state index contributed by atoms with van der Waals surface area (Å²) in [6, 6.07) is 0. The van der Waals surface area contributed by atoms with Crippen molar-refractivity contribution in [3.8, 4) is 0 Å². The molecule has 0 aromatic carbocycles. The van der Waals surface area contributed by atoms with Crippen LogP contribution in [0.25, 0.3) is 0 Å². The maximum absolute atomic E-state index is 8.74. The molecule has 17 heavy (non-hydrogen) atoms. The molecule has 0 saturated heterocycles. The molecule has 0 rings (SSSR count). The van der Waals surface area contributed by atoms with Gasteiger partial charge in [-0.3, -0.25) is 18.2 Å². The number of rotatable bonds is 0. The summed E-state index contributed by atoms with van der Waals surface area (Å²) in [7, 11) is -9.33. The van der Waals surface area contributed by atoms with Gasteiger partial charge < -0.3 is 27.4 Å². The molecule has 0 aliphatic heterocycles. The van der Waals surface area contributed by atoms with E-state index in [1.165, 1.54) is 0 Å². The molecule has 0 bridgehead atoms. The van der Waals surface area contributed by atoms with Crippen molar-refractivity contribution in [2.24, 2.45) is 0 Å². The van der Waals surface area contributed by atoms with Crippen LogP contribution in [-0.2, 0) is 37.9 Å². The molecule has 117 valence electrons. The Labute approximate surface area is 150 Å². The van der Waals surface area contributed by atoms with Crippen LogP contribution < -0.4 is 0 Å². The molecular weight excluding hydrogens is 375 g/mol. The Bertz CT molecular complexity index is 216. The number of hydrogen-bond donors (Lipinski definition) is 4. The molecule has 0 aromatic rings. The van der Waals surface area contributed by atoms with Crippen LogP contribution >= 0.6 is 0 Å². The molecule has 0 spiro atoms. The zero-order chi connectivity index (χ0) is 9.00. The molecule has 14 N–H and O–H groups in total. The van der Waals surface area contributed by atoms with E-state index >= 15 is 0 Å². The second-order valence-electron chi connectivity index (χ2n) is 0.896. The fourth-order valence-corrected chi connectivity index (χ4v) is 0. The van der Waals surface area contributed by atoms with E-state index in [9.17, 15) is 0 Å². The Hall–Kier alpha value is 1.70. The van der Waals surface area contributed by atoms with Gasteiger partial charge in [0.2, 0.25) is 0 Å². The molecule has 0 aromatic heterocycles. The van der Waals surface area contributed by atoms with E-state index < -0.39 is 20.8 Å². The van der Waals surface area contributed by atoms with Gasteiger partial charge in [-0.2, -0.15) is 16.8 Å². The first-order valence-corrected chi connectivity index (χ1v) is 4.19. The predicted octanol–water partition coefficient (Wildman–Crippen LogP) is -6.08. The summed E-state index contributed by atoms with van der Waals surface area (Å²) in [5.74, 6) is 0. The molecular formula is H15CuKO13S2. The van der Waals surface area contributed by atoms with Gasteiger partial charge in [-0.1, -0.05) is 0 Å². The first-order chi connectivity index (χ1) is 4.00. The molecule has 17 heteroatoms. The van der Waals surface area contributed by atoms with E-state index in [1.54, 1.807) is 0 Å². The maximum atomic E-state index is 8.74. The summed E-state index contributed by atoms with van der Waals surface area (Å²) in [6.07, 6.45) is 0. The van der Waals surface area contributed by atoms with E-state index in [4.69, 9.17) is 35.0 Å². The fourth-order valence-electron chi connectivity index (χ4n) is 0. The van der Waals surface area contributed by atoms with Crippen molar-refractivity contribution in [2.45, 2.75) is 0 Å². The van der Waals surface area contributed by atoms with Crippen LogP contribution in [0, 0.1) is 0 Å². The third-order valence-corrected chi connectivity index (χ3v) is 0. The van der Waals surface area contributed by atoms with Crippen LogP contribution in [-0.4, -0.2) is 114 Å². The topological polar surface area (TPSA) is 307 Å². The van der Waals surface area contributed by atoms with E-state index in [0.717, 1.165) is 0 Å². The third kappa shape index (κ3) is 1520. The van der Waals surface area contributed by atoms with Crippen LogP contribution in [0.2, 0.25) is 0 Å². The minimum atomic E-state index is -4.67. The summed E-state index contributed by atoms with van der Waals surface area (Å²) in [4.78, 5) is 0. The van der Waals surface area contributed by atoms with Crippen LogP contribution in [0.3, 0.4) is 0 Å². The van der Waals surface area contributed by atoms with Crippen molar-refractivity contribution >= 4 is 72.2 Å². The van der Waals surface area contributed by atoms with Gasteiger partial charge in [-0.25, -0.2) is 0 Å². The van der Waals surface area contributed by atoms with Crippen LogP contribution in [0.15, 0.2) is 0 Å². The molecule has 0 fully saturated rings. The molecule has 0 unspecified atom stereocenters. The molecule has 0 aliphatic rings. The van der Waals surface area contributed by atoms with Gasteiger partial charge in [0.15, 0.2) is 0 Å². The zero-order valence-corrected chi connectivity index (χ0v) is 9.61. The van der Waals surface area contributed by atoms with E-state index in [-0.39, 0.29) is 95.8 Å². The van der Waals surface area contributed by atoms with E-state index in [2.05, 4.69) is 0 Å². The quantitative estimate of drug-likeness (QED) is 0.227. The van der Waals surface area contributed by atoms with Gasteiger partial charge >= 0.3 is 72.2 Å². The molecule has 0 saturated carbocycles. The molecule has 0 heterocycles. The molecule has 0 aliphatic carbocycles.